The predicted octanol–water partition coefficient (Wildman–Crippen LogP) is 4.74. The topological polar surface area (TPSA) is 33.0 Å². The van der Waals surface area contributed by atoms with Crippen molar-refractivity contribution in [2.45, 2.75) is 39.7 Å². The largest absolute Gasteiger partial charge is 0.489 e. The van der Waals surface area contributed by atoms with Crippen molar-refractivity contribution in [1.29, 1.82) is 5.26 Å². The molecule has 0 bridgehead atoms. The Morgan fingerprint density at radius 2 is 1.71 bits per heavy atom. The zero-order valence-electron chi connectivity index (χ0n) is 13.1. The lowest BCUT2D eigenvalue weighted by molar-refractivity contribution is 0.305. The number of rotatable bonds is 3. The summed E-state index contributed by atoms with van der Waals surface area (Å²) in [6.07, 6.45) is 0. The van der Waals surface area contributed by atoms with Gasteiger partial charge in [0.2, 0.25) is 0 Å². The van der Waals surface area contributed by atoms with Crippen LogP contribution in [0.1, 0.15) is 43.0 Å². The van der Waals surface area contributed by atoms with Gasteiger partial charge < -0.3 is 4.74 Å². The van der Waals surface area contributed by atoms with E-state index in [1.807, 2.05) is 37.3 Å². The van der Waals surface area contributed by atoms with Crippen LogP contribution >= 0.6 is 0 Å². The average Bonchev–Trinajstić information content (AvgIpc) is 2.45. The van der Waals surface area contributed by atoms with Gasteiger partial charge in [0.1, 0.15) is 12.4 Å². The summed E-state index contributed by atoms with van der Waals surface area (Å²) in [5.74, 6) is 0.867. The first-order chi connectivity index (χ1) is 9.90. The minimum absolute atomic E-state index is 0.155. The molecule has 2 rings (SSSR count). The van der Waals surface area contributed by atoms with Crippen molar-refractivity contribution < 1.29 is 4.74 Å². The van der Waals surface area contributed by atoms with Gasteiger partial charge in [0, 0.05) is 0 Å². The highest BCUT2D eigenvalue weighted by molar-refractivity contribution is 5.37. The molecule has 0 aliphatic rings. The van der Waals surface area contributed by atoms with E-state index in [1.165, 1.54) is 5.56 Å². The minimum atomic E-state index is 0.155. The van der Waals surface area contributed by atoms with Crippen molar-refractivity contribution in [2.24, 2.45) is 0 Å². The molecule has 0 saturated carbocycles. The van der Waals surface area contributed by atoms with Crippen molar-refractivity contribution >= 4 is 0 Å². The molecule has 2 heteroatoms. The van der Waals surface area contributed by atoms with Crippen LogP contribution in [0.25, 0.3) is 0 Å². The van der Waals surface area contributed by atoms with Crippen LogP contribution < -0.4 is 4.74 Å². The molecule has 2 aromatic rings. The zero-order valence-corrected chi connectivity index (χ0v) is 13.1. The van der Waals surface area contributed by atoms with Gasteiger partial charge in [0.25, 0.3) is 0 Å². The van der Waals surface area contributed by atoms with Gasteiger partial charge in [-0.25, -0.2) is 0 Å². The second-order valence-corrected chi connectivity index (χ2v) is 6.32. The lowest BCUT2D eigenvalue weighted by Gasteiger charge is -2.19. The van der Waals surface area contributed by atoms with Crippen molar-refractivity contribution in [3.05, 3.63) is 64.7 Å². The zero-order chi connectivity index (χ0) is 15.5. The van der Waals surface area contributed by atoms with Crippen molar-refractivity contribution in [1.82, 2.24) is 0 Å². The second-order valence-electron chi connectivity index (χ2n) is 6.32. The van der Waals surface area contributed by atoms with Crippen LogP contribution in [-0.2, 0) is 12.0 Å². The number of nitriles is 1. The number of benzene rings is 2. The molecule has 0 aromatic heterocycles. The van der Waals surface area contributed by atoms with E-state index in [-0.39, 0.29) is 5.41 Å². The van der Waals surface area contributed by atoms with Crippen molar-refractivity contribution in [3.8, 4) is 11.8 Å². The van der Waals surface area contributed by atoms with Gasteiger partial charge in [0.15, 0.2) is 0 Å². The molecule has 2 nitrogen and oxygen atoms in total. The second kappa shape index (κ2) is 6.01. The first kappa shape index (κ1) is 15.1. The fourth-order valence-electron chi connectivity index (χ4n) is 2.14. The Kier molecular flexibility index (Phi) is 4.33. The Balaban J connectivity index is 2.05. The maximum absolute atomic E-state index is 8.87. The van der Waals surface area contributed by atoms with Crippen LogP contribution in [-0.4, -0.2) is 0 Å². The molecule has 0 unspecified atom stereocenters. The number of aryl methyl sites for hydroxylation is 1. The fourth-order valence-corrected chi connectivity index (χ4v) is 2.14. The van der Waals surface area contributed by atoms with E-state index in [0.717, 1.165) is 16.9 Å². The maximum atomic E-state index is 8.87. The summed E-state index contributed by atoms with van der Waals surface area (Å²) in [5, 5.41) is 8.87. The van der Waals surface area contributed by atoms with E-state index in [0.29, 0.717) is 12.2 Å². The Morgan fingerprint density at radius 3 is 2.24 bits per heavy atom. The SMILES string of the molecule is Cc1cc(C#N)ccc1COc1ccc(C(C)(C)C)cc1. The minimum Gasteiger partial charge on any atom is -0.489 e. The molecule has 0 fully saturated rings. The molecule has 0 spiro atoms. The molecule has 0 saturated heterocycles. The Labute approximate surface area is 127 Å². The first-order valence-electron chi connectivity index (χ1n) is 7.13. The standard InChI is InChI=1S/C19H21NO/c1-14-11-15(12-20)5-6-16(14)13-21-18-9-7-17(8-10-18)19(2,3)4/h5-11H,13H2,1-4H3. The molecule has 0 N–H and O–H groups in total. The molecule has 108 valence electrons. The van der Waals surface area contributed by atoms with Gasteiger partial charge in [-0.15, -0.1) is 0 Å². The quantitative estimate of drug-likeness (QED) is 0.812. The van der Waals surface area contributed by atoms with E-state index in [1.54, 1.807) is 0 Å². The molecule has 0 amide bonds. The summed E-state index contributed by atoms with van der Waals surface area (Å²) in [4.78, 5) is 0. The molecular formula is C19H21NO. The summed E-state index contributed by atoms with van der Waals surface area (Å²) < 4.78 is 5.83. The normalized spacial score (nSPS) is 11.0. The summed E-state index contributed by atoms with van der Waals surface area (Å²) in [6, 6.07) is 16.1. The highest BCUT2D eigenvalue weighted by Gasteiger charge is 2.13. The monoisotopic (exact) mass is 279 g/mol. The third-order valence-corrected chi connectivity index (χ3v) is 3.59. The van der Waals surface area contributed by atoms with Crippen LogP contribution in [0, 0.1) is 18.3 Å². The number of hydrogen-bond acceptors (Lipinski definition) is 2. The molecule has 0 radical (unpaired) electrons. The summed E-state index contributed by atoms with van der Waals surface area (Å²) in [6.45, 7) is 9.11. The van der Waals surface area contributed by atoms with Crippen LogP contribution in [0.15, 0.2) is 42.5 Å². The van der Waals surface area contributed by atoms with E-state index in [4.69, 9.17) is 10.00 Å². The summed E-state index contributed by atoms with van der Waals surface area (Å²) >= 11 is 0. The Hall–Kier alpha value is -2.27. The van der Waals surface area contributed by atoms with Gasteiger partial charge in [0.05, 0.1) is 11.6 Å². The van der Waals surface area contributed by atoms with Gasteiger partial charge >= 0.3 is 0 Å². The third kappa shape index (κ3) is 3.86. The smallest absolute Gasteiger partial charge is 0.119 e. The maximum Gasteiger partial charge on any atom is 0.119 e. The predicted molar refractivity (Wildman–Crippen MR) is 85.4 cm³/mol. The summed E-state index contributed by atoms with van der Waals surface area (Å²) in [5.41, 5.74) is 4.33. The highest BCUT2D eigenvalue weighted by atomic mass is 16.5. The average molecular weight is 279 g/mol. The van der Waals surface area contributed by atoms with Crippen molar-refractivity contribution in [2.75, 3.05) is 0 Å². The Bertz CT molecular complexity index is 657. The van der Waals surface area contributed by atoms with Gasteiger partial charge in [-0.1, -0.05) is 39.0 Å². The first-order valence-corrected chi connectivity index (χ1v) is 7.13. The molecule has 21 heavy (non-hydrogen) atoms. The van der Waals surface area contributed by atoms with Gasteiger partial charge in [-0.05, 0) is 53.3 Å². The lowest BCUT2D eigenvalue weighted by atomic mass is 9.87. The molecule has 0 aliphatic heterocycles. The number of ether oxygens (including phenoxy) is 1. The molecule has 0 atom stereocenters. The van der Waals surface area contributed by atoms with Crippen LogP contribution in [0.2, 0.25) is 0 Å². The van der Waals surface area contributed by atoms with E-state index >= 15 is 0 Å². The fraction of sp³-hybridized carbons (Fsp3) is 0.316. The van der Waals surface area contributed by atoms with E-state index < -0.39 is 0 Å². The van der Waals surface area contributed by atoms with Crippen LogP contribution in [0.3, 0.4) is 0 Å². The highest BCUT2D eigenvalue weighted by Crippen LogP contribution is 2.24. The van der Waals surface area contributed by atoms with Crippen LogP contribution in [0.4, 0.5) is 0 Å². The van der Waals surface area contributed by atoms with E-state index in [2.05, 4.69) is 39.0 Å². The van der Waals surface area contributed by atoms with Crippen molar-refractivity contribution in [3.63, 3.8) is 0 Å². The molecular weight excluding hydrogens is 258 g/mol. The summed E-state index contributed by atoms with van der Waals surface area (Å²) in [7, 11) is 0. The lowest BCUT2D eigenvalue weighted by Crippen LogP contribution is -2.10. The van der Waals surface area contributed by atoms with Crippen LogP contribution in [0.5, 0.6) is 5.75 Å². The molecule has 0 aliphatic carbocycles. The third-order valence-electron chi connectivity index (χ3n) is 3.59. The van der Waals surface area contributed by atoms with Gasteiger partial charge in [-0.3, -0.25) is 0 Å². The number of hydrogen-bond donors (Lipinski definition) is 0. The number of nitrogens with zero attached hydrogens (tertiary/aromatic N) is 1. The Morgan fingerprint density at radius 1 is 1.05 bits per heavy atom. The molecule has 2 aromatic carbocycles. The van der Waals surface area contributed by atoms with E-state index in [9.17, 15) is 0 Å². The van der Waals surface area contributed by atoms with Gasteiger partial charge in [-0.2, -0.15) is 5.26 Å². The molecule has 0 heterocycles.